The van der Waals surface area contributed by atoms with Gasteiger partial charge < -0.3 is 9.47 Å². The number of para-hydroxylation sites is 2. The largest absolute Gasteiger partial charge is 0.496 e. The molecule has 0 spiro atoms. The Balaban J connectivity index is 1.53. The van der Waals surface area contributed by atoms with Crippen LogP contribution in [0, 0.1) is 0 Å². The highest BCUT2D eigenvalue weighted by molar-refractivity contribution is 7.98. The number of thioether (sulfide) groups is 1. The van der Waals surface area contributed by atoms with Gasteiger partial charge in [-0.05, 0) is 35.9 Å². The molecule has 0 aliphatic carbocycles. The van der Waals surface area contributed by atoms with Gasteiger partial charge in [-0.1, -0.05) is 54.2 Å². The number of halogens is 2. The SMILES string of the molecule is COc1ccccc1Cn1c(=O)c2ccccc2n2c(SCc3ccc(OC(F)F)cc3)nnc12. The van der Waals surface area contributed by atoms with Gasteiger partial charge in [0, 0.05) is 11.3 Å². The summed E-state index contributed by atoms with van der Waals surface area (Å²) in [6, 6.07) is 21.3. The average molecular weight is 495 g/mol. The first-order chi connectivity index (χ1) is 17.0. The molecule has 0 N–H and O–H groups in total. The fraction of sp³-hybridized carbons (Fsp3) is 0.160. The van der Waals surface area contributed by atoms with Gasteiger partial charge in [-0.25, -0.2) is 0 Å². The van der Waals surface area contributed by atoms with Crippen molar-refractivity contribution in [2.24, 2.45) is 0 Å². The van der Waals surface area contributed by atoms with E-state index >= 15 is 0 Å². The Hall–Kier alpha value is -3.92. The molecule has 0 amide bonds. The molecule has 5 rings (SSSR count). The second kappa shape index (κ2) is 9.75. The lowest BCUT2D eigenvalue weighted by atomic mass is 10.2. The molecule has 178 valence electrons. The summed E-state index contributed by atoms with van der Waals surface area (Å²) in [5.41, 5.74) is 2.28. The number of ether oxygens (including phenoxy) is 2. The lowest BCUT2D eigenvalue weighted by molar-refractivity contribution is -0.0498. The standard InChI is InChI=1S/C25H20F2N4O3S/c1-33-21-9-5-2-6-17(21)14-30-22(32)19-7-3-4-8-20(19)31-24(30)28-29-25(31)35-15-16-10-12-18(13-11-16)34-23(26)27/h2-13,23H,14-15H2,1H3. The monoisotopic (exact) mass is 494 g/mol. The normalized spacial score (nSPS) is 11.4. The zero-order valence-corrected chi connectivity index (χ0v) is 19.4. The number of alkyl halides is 2. The van der Waals surface area contributed by atoms with Crippen molar-refractivity contribution >= 4 is 28.4 Å². The van der Waals surface area contributed by atoms with E-state index in [1.165, 1.54) is 23.9 Å². The first-order valence-corrected chi connectivity index (χ1v) is 11.7. The molecule has 0 radical (unpaired) electrons. The Kier molecular flexibility index (Phi) is 6.37. The fourth-order valence-corrected chi connectivity index (χ4v) is 4.78. The van der Waals surface area contributed by atoms with E-state index in [9.17, 15) is 13.6 Å². The minimum absolute atomic E-state index is 0.105. The average Bonchev–Trinajstić information content (AvgIpc) is 3.30. The van der Waals surface area contributed by atoms with Crippen LogP contribution in [0.25, 0.3) is 16.7 Å². The molecule has 2 heterocycles. The van der Waals surface area contributed by atoms with Crippen LogP contribution in [0.5, 0.6) is 11.5 Å². The van der Waals surface area contributed by atoms with E-state index < -0.39 is 6.61 Å². The lowest BCUT2D eigenvalue weighted by Crippen LogP contribution is -2.24. The van der Waals surface area contributed by atoms with Crippen LogP contribution in [0.2, 0.25) is 0 Å². The Morgan fingerprint density at radius 3 is 2.49 bits per heavy atom. The molecule has 10 heteroatoms. The van der Waals surface area contributed by atoms with Crippen molar-refractivity contribution < 1.29 is 18.3 Å². The van der Waals surface area contributed by atoms with Crippen molar-refractivity contribution in [2.75, 3.05) is 7.11 Å². The Bertz CT molecular complexity index is 1550. The first-order valence-electron chi connectivity index (χ1n) is 10.7. The number of hydrogen-bond donors (Lipinski definition) is 0. The van der Waals surface area contributed by atoms with Crippen LogP contribution in [0.4, 0.5) is 8.78 Å². The molecule has 5 aromatic rings. The van der Waals surface area contributed by atoms with Gasteiger partial charge in [-0.3, -0.25) is 13.8 Å². The number of methoxy groups -OCH3 is 1. The number of aromatic nitrogens is 4. The van der Waals surface area contributed by atoms with Crippen LogP contribution < -0.4 is 15.0 Å². The van der Waals surface area contributed by atoms with Crippen molar-refractivity contribution in [1.29, 1.82) is 0 Å². The van der Waals surface area contributed by atoms with Crippen molar-refractivity contribution in [1.82, 2.24) is 19.2 Å². The molecule has 0 fully saturated rings. The molecular formula is C25H20F2N4O3S. The summed E-state index contributed by atoms with van der Waals surface area (Å²) < 4.78 is 38.1. The topological polar surface area (TPSA) is 70.7 Å². The maximum Gasteiger partial charge on any atom is 0.387 e. The van der Waals surface area contributed by atoms with E-state index in [4.69, 9.17) is 4.74 Å². The highest BCUT2D eigenvalue weighted by Crippen LogP contribution is 2.27. The summed E-state index contributed by atoms with van der Waals surface area (Å²) >= 11 is 1.43. The van der Waals surface area contributed by atoms with Gasteiger partial charge in [0.05, 0.1) is 24.6 Å². The third kappa shape index (κ3) is 4.57. The minimum atomic E-state index is -2.86. The fourth-order valence-electron chi connectivity index (χ4n) is 3.89. The highest BCUT2D eigenvalue weighted by Gasteiger charge is 2.18. The molecule has 35 heavy (non-hydrogen) atoms. The van der Waals surface area contributed by atoms with Crippen LogP contribution in [-0.2, 0) is 12.3 Å². The molecule has 3 aromatic carbocycles. The predicted molar refractivity (Wildman–Crippen MR) is 129 cm³/mol. The Morgan fingerprint density at radius 2 is 1.71 bits per heavy atom. The molecule has 7 nitrogen and oxygen atoms in total. The second-order valence-corrected chi connectivity index (χ2v) is 8.59. The molecule has 0 aliphatic rings. The van der Waals surface area contributed by atoms with E-state index in [0.29, 0.717) is 33.3 Å². The molecule has 0 bridgehead atoms. The summed E-state index contributed by atoms with van der Waals surface area (Å²) in [5.74, 6) is 1.73. The van der Waals surface area contributed by atoms with E-state index in [1.54, 1.807) is 29.9 Å². The van der Waals surface area contributed by atoms with Crippen LogP contribution in [-0.4, -0.2) is 32.9 Å². The van der Waals surface area contributed by atoms with Crippen LogP contribution in [0.3, 0.4) is 0 Å². The van der Waals surface area contributed by atoms with Crippen LogP contribution >= 0.6 is 11.8 Å². The maximum absolute atomic E-state index is 13.4. The van der Waals surface area contributed by atoms with Crippen molar-refractivity contribution in [3.05, 3.63) is 94.3 Å². The Morgan fingerprint density at radius 1 is 0.971 bits per heavy atom. The number of nitrogens with zero attached hydrogens (tertiary/aromatic N) is 4. The Labute approximate surface area is 202 Å². The summed E-state index contributed by atoms with van der Waals surface area (Å²) in [7, 11) is 1.59. The van der Waals surface area contributed by atoms with Gasteiger partial charge in [-0.2, -0.15) is 8.78 Å². The molecule has 0 saturated heterocycles. The molecule has 2 aromatic heterocycles. The number of benzene rings is 3. The van der Waals surface area contributed by atoms with E-state index in [1.807, 2.05) is 46.9 Å². The summed E-state index contributed by atoms with van der Waals surface area (Å²) in [4.78, 5) is 13.4. The van der Waals surface area contributed by atoms with Gasteiger partial charge in [0.1, 0.15) is 11.5 Å². The first kappa shape index (κ1) is 22.9. The van der Waals surface area contributed by atoms with Gasteiger partial charge in [0.15, 0.2) is 5.16 Å². The molecular weight excluding hydrogens is 474 g/mol. The smallest absolute Gasteiger partial charge is 0.387 e. The van der Waals surface area contributed by atoms with Crippen LogP contribution in [0.15, 0.2) is 82.7 Å². The molecule has 0 aliphatic heterocycles. The summed E-state index contributed by atoms with van der Waals surface area (Å²) in [6.07, 6.45) is 0. The van der Waals surface area contributed by atoms with Crippen LogP contribution in [0.1, 0.15) is 11.1 Å². The van der Waals surface area contributed by atoms with E-state index in [0.717, 1.165) is 11.1 Å². The summed E-state index contributed by atoms with van der Waals surface area (Å²) in [5, 5.41) is 9.87. The predicted octanol–water partition coefficient (Wildman–Crippen LogP) is 4.99. The molecule has 0 unspecified atom stereocenters. The number of hydrogen-bond acceptors (Lipinski definition) is 6. The quantitative estimate of drug-likeness (QED) is 0.283. The lowest BCUT2D eigenvalue weighted by Gasteiger charge is -2.13. The van der Waals surface area contributed by atoms with Gasteiger partial charge in [0.25, 0.3) is 5.56 Å². The van der Waals surface area contributed by atoms with Gasteiger partial charge in [-0.15, -0.1) is 10.2 Å². The number of rotatable bonds is 8. The highest BCUT2D eigenvalue weighted by atomic mass is 32.2. The zero-order valence-electron chi connectivity index (χ0n) is 18.6. The van der Waals surface area contributed by atoms with Gasteiger partial charge >= 0.3 is 6.61 Å². The summed E-state index contributed by atoms with van der Waals surface area (Å²) in [6.45, 7) is -2.59. The zero-order chi connectivity index (χ0) is 24.4. The van der Waals surface area contributed by atoms with Crippen molar-refractivity contribution in [3.63, 3.8) is 0 Å². The second-order valence-electron chi connectivity index (χ2n) is 7.65. The number of fused-ring (bicyclic) bond motifs is 3. The minimum Gasteiger partial charge on any atom is -0.496 e. The third-order valence-corrected chi connectivity index (χ3v) is 6.52. The molecule has 0 atom stereocenters. The van der Waals surface area contributed by atoms with E-state index in [-0.39, 0.29) is 17.9 Å². The van der Waals surface area contributed by atoms with Gasteiger partial charge in [0.2, 0.25) is 5.78 Å². The van der Waals surface area contributed by atoms with Crippen molar-refractivity contribution in [3.8, 4) is 11.5 Å². The maximum atomic E-state index is 13.4. The third-order valence-electron chi connectivity index (χ3n) is 5.52. The van der Waals surface area contributed by atoms with Crippen molar-refractivity contribution in [2.45, 2.75) is 24.1 Å². The van der Waals surface area contributed by atoms with E-state index in [2.05, 4.69) is 14.9 Å². The molecule has 0 saturated carbocycles.